The quantitative estimate of drug-likeness (QED) is 0.330. The average Bonchev–Trinajstić information content (AvgIpc) is 2.87. The van der Waals surface area contributed by atoms with Gasteiger partial charge in [-0.05, 0) is 64.1 Å². The molecule has 0 aliphatic carbocycles. The molecule has 3 aromatic rings. The molecule has 1 N–H and O–H groups in total. The molecule has 0 saturated carbocycles. The number of nitrogens with zero attached hydrogens (tertiary/aromatic N) is 3. The zero-order chi connectivity index (χ0) is 29.2. The number of carbonyl (C=O) groups excluding carboxylic acids is 2. The van der Waals surface area contributed by atoms with Gasteiger partial charge in [0.15, 0.2) is 0 Å². The Balaban J connectivity index is 1.66. The highest BCUT2D eigenvalue weighted by atomic mass is 35.5. The van der Waals surface area contributed by atoms with Crippen LogP contribution in [0.5, 0.6) is 0 Å². The average molecular weight is 579 g/mol. The fourth-order valence-corrected chi connectivity index (χ4v) is 4.55. The summed E-state index contributed by atoms with van der Waals surface area (Å²) < 4.78 is 53.4. The molecule has 1 aromatic heterocycles. The number of nitrogens with one attached hydrogen (secondary N) is 1. The Bertz CT molecular complexity index is 1420. The van der Waals surface area contributed by atoms with E-state index in [0.717, 1.165) is 6.07 Å². The Hall–Kier alpha value is -3.73. The lowest BCUT2D eigenvalue weighted by Crippen LogP contribution is -2.50. The summed E-state index contributed by atoms with van der Waals surface area (Å²) >= 11 is 6.18. The van der Waals surface area contributed by atoms with E-state index < -0.39 is 29.4 Å². The van der Waals surface area contributed by atoms with Crippen LogP contribution in [-0.2, 0) is 15.7 Å². The van der Waals surface area contributed by atoms with Crippen molar-refractivity contribution in [3.8, 4) is 0 Å². The first kappa shape index (κ1) is 29.3. The molecule has 0 atom stereocenters. The maximum absolute atomic E-state index is 14.3. The summed E-state index contributed by atoms with van der Waals surface area (Å²) in [5, 5.41) is 3.80. The maximum Gasteiger partial charge on any atom is 0.418 e. The van der Waals surface area contributed by atoms with Crippen LogP contribution in [0.2, 0.25) is 5.02 Å². The van der Waals surface area contributed by atoms with Gasteiger partial charge in [0.05, 0.1) is 23.4 Å². The van der Waals surface area contributed by atoms with Gasteiger partial charge >= 0.3 is 18.2 Å². The van der Waals surface area contributed by atoms with Crippen LogP contribution in [0.4, 0.5) is 35.0 Å². The molecule has 0 spiro atoms. The van der Waals surface area contributed by atoms with Gasteiger partial charge in [0.25, 0.3) is 0 Å². The van der Waals surface area contributed by atoms with Crippen LogP contribution in [0.3, 0.4) is 0 Å². The van der Waals surface area contributed by atoms with Crippen molar-refractivity contribution in [3.63, 3.8) is 0 Å². The van der Waals surface area contributed by atoms with Gasteiger partial charge in [0.1, 0.15) is 11.2 Å². The molecule has 1 amide bonds. The molecular formula is C28H30ClF3N4O4. The van der Waals surface area contributed by atoms with Crippen LogP contribution >= 0.6 is 11.6 Å². The minimum absolute atomic E-state index is 0.00450. The van der Waals surface area contributed by atoms with Crippen molar-refractivity contribution in [2.45, 2.75) is 39.5 Å². The van der Waals surface area contributed by atoms with E-state index in [1.807, 2.05) is 0 Å². The number of pyridine rings is 1. The molecule has 0 bridgehead atoms. The van der Waals surface area contributed by atoms with E-state index in [1.165, 1.54) is 23.2 Å². The smallest absolute Gasteiger partial charge is 0.418 e. The monoisotopic (exact) mass is 578 g/mol. The van der Waals surface area contributed by atoms with Crippen LogP contribution in [0.25, 0.3) is 10.9 Å². The number of fused-ring (bicyclic) bond motifs is 1. The summed E-state index contributed by atoms with van der Waals surface area (Å²) in [6, 6.07) is 8.76. The molecular weight excluding hydrogens is 549 g/mol. The molecule has 1 aliphatic heterocycles. The third kappa shape index (κ3) is 6.70. The largest absolute Gasteiger partial charge is 0.462 e. The van der Waals surface area contributed by atoms with Gasteiger partial charge in [-0.3, -0.25) is 4.98 Å². The van der Waals surface area contributed by atoms with E-state index in [9.17, 15) is 22.8 Å². The summed E-state index contributed by atoms with van der Waals surface area (Å²) in [6.07, 6.45) is -3.84. The zero-order valence-corrected chi connectivity index (χ0v) is 23.3. The highest BCUT2D eigenvalue weighted by Gasteiger charge is 2.36. The summed E-state index contributed by atoms with van der Waals surface area (Å²) in [5.74, 6) is -0.671. The number of piperazine rings is 1. The molecule has 4 rings (SSSR count). The number of carbonyl (C=O) groups is 2. The van der Waals surface area contributed by atoms with Gasteiger partial charge in [-0.25, -0.2) is 9.59 Å². The second-order valence-corrected chi connectivity index (χ2v) is 10.7. The topological polar surface area (TPSA) is 84.0 Å². The van der Waals surface area contributed by atoms with E-state index in [1.54, 1.807) is 50.8 Å². The number of rotatable bonds is 5. The standard InChI is InChI=1S/C28H30ClF3N4O4/c1-5-39-25(37)20-16-33-22-8-6-17(29)14-19(22)24(20)34-18-7-9-23(21(15-18)28(30,31)32)35-10-12-36(13-11-35)26(38)40-27(2,3)4/h6-9,14-16H,5,10-13H2,1-4H3,(H,33,34). The van der Waals surface area contributed by atoms with E-state index in [2.05, 4.69) is 10.3 Å². The number of ether oxygens (including phenoxy) is 2. The minimum Gasteiger partial charge on any atom is -0.462 e. The maximum atomic E-state index is 14.3. The Morgan fingerprint density at radius 3 is 2.38 bits per heavy atom. The van der Waals surface area contributed by atoms with E-state index in [4.69, 9.17) is 21.1 Å². The predicted molar refractivity (Wildman–Crippen MR) is 147 cm³/mol. The second-order valence-electron chi connectivity index (χ2n) is 10.2. The van der Waals surface area contributed by atoms with Gasteiger partial charge < -0.3 is 24.6 Å². The number of aromatic nitrogens is 1. The SMILES string of the molecule is CCOC(=O)c1cnc2ccc(Cl)cc2c1Nc1ccc(N2CCN(C(=O)OC(C)(C)C)CC2)c(C(F)(F)F)c1. The lowest BCUT2D eigenvalue weighted by molar-refractivity contribution is -0.137. The van der Waals surface area contributed by atoms with E-state index in [-0.39, 0.29) is 55.4 Å². The lowest BCUT2D eigenvalue weighted by Gasteiger charge is -2.37. The van der Waals surface area contributed by atoms with Crippen LogP contribution in [0.1, 0.15) is 43.6 Å². The third-order valence-electron chi connectivity index (χ3n) is 6.17. The number of anilines is 3. The highest BCUT2D eigenvalue weighted by Crippen LogP contribution is 2.40. The number of alkyl halides is 3. The molecule has 214 valence electrons. The summed E-state index contributed by atoms with van der Waals surface area (Å²) in [5.41, 5.74) is -0.617. The normalized spacial score (nSPS) is 14.3. The minimum atomic E-state index is -4.66. The van der Waals surface area contributed by atoms with Gasteiger partial charge in [0, 0.05) is 54.2 Å². The molecule has 0 unspecified atom stereocenters. The number of benzene rings is 2. The number of hydrogen-bond acceptors (Lipinski definition) is 7. The Morgan fingerprint density at radius 1 is 1.05 bits per heavy atom. The fraction of sp³-hybridized carbons (Fsp3) is 0.393. The predicted octanol–water partition coefficient (Wildman–Crippen LogP) is 6.88. The first-order valence-electron chi connectivity index (χ1n) is 12.7. The molecule has 2 aromatic carbocycles. The van der Waals surface area contributed by atoms with Crippen LogP contribution in [0.15, 0.2) is 42.6 Å². The molecule has 12 heteroatoms. The van der Waals surface area contributed by atoms with Crippen molar-refractivity contribution in [3.05, 3.63) is 58.7 Å². The number of hydrogen-bond donors (Lipinski definition) is 1. The Morgan fingerprint density at radius 2 is 1.75 bits per heavy atom. The molecule has 1 saturated heterocycles. The van der Waals surface area contributed by atoms with Crippen molar-refractivity contribution in [1.82, 2.24) is 9.88 Å². The third-order valence-corrected chi connectivity index (χ3v) is 6.40. The first-order chi connectivity index (χ1) is 18.8. The van der Waals surface area contributed by atoms with E-state index in [0.29, 0.717) is 15.9 Å². The van der Waals surface area contributed by atoms with Crippen molar-refractivity contribution >= 4 is 51.6 Å². The van der Waals surface area contributed by atoms with E-state index >= 15 is 0 Å². The molecule has 2 heterocycles. The van der Waals surface area contributed by atoms with Crippen molar-refractivity contribution in [2.24, 2.45) is 0 Å². The summed E-state index contributed by atoms with van der Waals surface area (Å²) in [7, 11) is 0. The van der Waals surface area contributed by atoms with Crippen LogP contribution < -0.4 is 10.2 Å². The molecule has 1 aliphatic rings. The highest BCUT2D eigenvalue weighted by molar-refractivity contribution is 6.31. The molecule has 0 radical (unpaired) electrons. The van der Waals surface area contributed by atoms with Crippen molar-refractivity contribution in [1.29, 1.82) is 0 Å². The lowest BCUT2D eigenvalue weighted by atomic mass is 10.1. The summed E-state index contributed by atoms with van der Waals surface area (Å²) in [6.45, 7) is 7.88. The number of esters is 1. The zero-order valence-electron chi connectivity index (χ0n) is 22.6. The van der Waals surface area contributed by atoms with Gasteiger partial charge in [-0.1, -0.05) is 11.6 Å². The van der Waals surface area contributed by atoms with Crippen LogP contribution in [0, 0.1) is 0 Å². The molecule has 8 nitrogen and oxygen atoms in total. The number of amides is 1. The number of halogens is 4. The van der Waals surface area contributed by atoms with Gasteiger partial charge in [-0.2, -0.15) is 13.2 Å². The summed E-state index contributed by atoms with van der Waals surface area (Å²) in [4.78, 5) is 32.4. The fourth-order valence-electron chi connectivity index (χ4n) is 4.38. The van der Waals surface area contributed by atoms with Crippen LogP contribution in [-0.4, -0.2) is 60.3 Å². The first-order valence-corrected chi connectivity index (χ1v) is 13.1. The Labute approximate surface area is 235 Å². The molecule has 40 heavy (non-hydrogen) atoms. The van der Waals surface area contributed by atoms with Crippen molar-refractivity contribution in [2.75, 3.05) is 43.0 Å². The van der Waals surface area contributed by atoms with Gasteiger partial charge in [-0.15, -0.1) is 0 Å². The molecule has 1 fully saturated rings. The van der Waals surface area contributed by atoms with Gasteiger partial charge in [0.2, 0.25) is 0 Å². The Kier molecular flexibility index (Phi) is 8.34. The van der Waals surface area contributed by atoms with Crippen molar-refractivity contribution < 1.29 is 32.2 Å². The second kappa shape index (κ2) is 11.4.